The van der Waals surface area contributed by atoms with Crippen molar-refractivity contribution in [2.75, 3.05) is 6.61 Å². The highest BCUT2D eigenvalue weighted by Crippen LogP contribution is 2.23. The summed E-state index contributed by atoms with van der Waals surface area (Å²) in [6.07, 6.45) is 0. The summed E-state index contributed by atoms with van der Waals surface area (Å²) < 4.78 is 17.8. The second kappa shape index (κ2) is 6.97. The first kappa shape index (κ1) is 16.6. The molecule has 118 valence electrons. The molecule has 0 heterocycles. The maximum absolute atomic E-state index is 13.0. The van der Waals surface area contributed by atoms with Crippen LogP contribution < -0.4 is 0 Å². The predicted molar refractivity (Wildman–Crippen MR) is 79.1 cm³/mol. The number of carbonyl (C=O) groups is 2. The van der Waals surface area contributed by atoms with Gasteiger partial charge in [-0.05, 0) is 18.2 Å². The van der Waals surface area contributed by atoms with Crippen LogP contribution >= 0.6 is 11.6 Å². The minimum atomic E-state index is -0.908. The third-order valence-electron chi connectivity index (χ3n) is 2.86. The predicted octanol–water partition coefficient (Wildman–Crippen LogP) is 3.43. The Balaban J connectivity index is 2.05. The molecular weight excluding hydrogens is 329 g/mol. The van der Waals surface area contributed by atoms with Gasteiger partial charge in [0, 0.05) is 17.7 Å². The first-order valence-corrected chi connectivity index (χ1v) is 6.66. The van der Waals surface area contributed by atoms with Crippen molar-refractivity contribution < 1.29 is 23.6 Å². The minimum absolute atomic E-state index is 0.0626. The van der Waals surface area contributed by atoms with E-state index in [1.165, 1.54) is 18.2 Å². The Morgan fingerprint density at radius 2 is 1.96 bits per heavy atom. The third kappa shape index (κ3) is 4.10. The number of Topliss-reactive ketones (excluding diaryl/α,β-unsaturated/α-hetero) is 1. The van der Waals surface area contributed by atoms with Gasteiger partial charge in [-0.15, -0.1) is 0 Å². The summed E-state index contributed by atoms with van der Waals surface area (Å²) in [7, 11) is 0. The number of nitro groups is 1. The average Bonchev–Trinajstić information content (AvgIpc) is 2.52. The average molecular weight is 338 g/mol. The molecule has 0 bridgehead atoms. The molecule has 0 radical (unpaired) electrons. The van der Waals surface area contributed by atoms with Gasteiger partial charge in [-0.25, -0.2) is 9.18 Å². The lowest BCUT2D eigenvalue weighted by molar-refractivity contribution is -0.384. The Morgan fingerprint density at radius 3 is 2.57 bits per heavy atom. The van der Waals surface area contributed by atoms with Gasteiger partial charge in [0.25, 0.3) is 5.69 Å². The highest BCUT2D eigenvalue weighted by atomic mass is 35.5. The number of nitro benzene ring substituents is 1. The number of ether oxygens (including phenoxy) is 1. The molecule has 2 aromatic carbocycles. The topological polar surface area (TPSA) is 86.5 Å². The maximum Gasteiger partial charge on any atom is 0.340 e. The zero-order chi connectivity index (χ0) is 17.0. The van der Waals surface area contributed by atoms with Crippen LogP contribution in [0.2, 0.25) is 5.02 Å². The largest absolute Gasteiger partial charge is 0.454 e. The summed E-state index contributed by atoms with van der Waals surface area (Å²) in [5.41, 5.74) is -0.320. The molecule has 0 aliphatic heterocycles. The fourth-order valence-electron chi connectivity index (χ4n) is 1.74. The minimum Gasteiger partial charge on any atom is -0.454 e. The van der Waals surface area contributed by atoms with Crippen LogP contribution in [0.5, 0.6) is 0 Å². The van der Waals surface area contributed by atoms with Crippen LogP contribution in [0.15, 0.2) is 42.5 Å². The van der Waals surface area contributed by atoms with E-state index in [-0.39, 0.29) is 21.8 Å². The molecule has 6 nitrogen and oxygen atoms in total. The van der Waals surface area contributed by atoms with E-state index in [0.717, 1.165) is 24.3 Å². The summed E-state index contributed by atoms with van der Waals surface area (Å²) in [5.74, 6) is -2.08. The Labute approximate surface area is 134 Å². The van der Waals surface area contributed by atoms with Gasteiger partial charge in [0.1, 0.15) is 5.82 Å². The van der Waals surface area contributed by atoms with E-state index in [1.54, 1.807) is 0 Å². The first-order valence-electron chi connectivity index (χ1n) is 6.28. The van der Waals surface area contributed by atoms with Crippen LogP contribution in [0.25, 0.3) is 0 Å². The highest BCUT2D eigenvalue weighted by molar-refractivity contribution is 6.33. The van der Waals surface area contributed by atoms with Crippen molar-refractivity contribution in [1.29, 1.82) is 0 Å². The molecule has 0 aliphatic rings. The molecule has 23 heavy (non-hydrogen) atoms. The van der Waals surface area contributed by atoms with Crippen LogP contribution in [0.4, 0.5) is 10.1 Å². The zero-order valence-electron chi connectivity index (χ0n) is 11.5. The van der Waals surface area contributed by atoms with Crippen molar-refractivity contribution in [2.45, 2.75) is 0 Å². The number of esters is 1. The van der Waals surface area contributed by atoms with Crippen molar-refractivity contribution in [3.8, 4) is 0 Å². The lowest BCUT2D eigenvalue weighted by Crippen LogP contribution is -2.14. The molecule has 0 saturated heterocycles. The molecule has 0 fully saturated rings. The van der Waals surface area contributed by atoms with Gasteiger partial charge in [0.15, 0.2) is 12.4 Å². The van der Waals surface area contributed by atoms with E-state index >= 15 is 0 Å². The van der Waals surface area contributed by atoms with E-state index in [1.807, 2.05) is 0 Å². The standard InChI is InChI=1S/C15H9ClFNO5/c16-13-7-11(18(21)22)4-5-12(13)15(20)23-8-14(19)9-2-1-3-10(17)6-9/h1-7H,8H2. The lowest BCUT2D eigenvalue weighted by atomic mass is 10.1. The van der Waals surface area contributed by atoms with Crippen molar-refractivity contribution in [3.63, 3.8) is 0 Å². The zero-order valence-corrected chi connectivity index (χ0v) is 12.2. The molecule has 0 aliphatic carbocycles. The van der Waals surface area contributed by atoms with Crippen molar-refractivity contribution in [1.82, 2.24) is 0 Å². The number of benzene rings is 2. The molecule has 0 unspecified atom stereocenters. The number of rotatable bonds is 5. The van der Waals surface area contributed by atoms with Gasteiger partial charge in [0.2, 0.25) is 0 Å². The van der Waals surface area contributed by atoms with Gasteiger partial charge in [-0.3, -0.25) is 14.9 Å². The smallest absolute Gasteiger partial charge is 0.340 e. The fraction of sp³-hybridized carbons (Fsp3) is 0.0667. The monoisotopic (exact) mass is 337 g/mol. The van der Waals surface area contributed by atoms with Gasteiger partial charge in [0.05, 0.1) is 15.5 Å². The molecule has 0 spiro atoms. The SMILES string of the molecule is O=C(COC(=O)c1ccc([N+](=O)[O-])cc1Cl)c1cccc(F)c1. The quantitative estimate of drug-likeness (QED) is 0.361. The van der Waals surface area contributed by atoms with E-state index in [0.29, 0.717) is 0 Å². The van der Waals surface area contributed by atoms with Crippen LogP contribution in [0, 0.1) is 15.9 Å². The molecule has 2 rings (SSSR count). The lowest BCUT2D eigenvalue weighted by Gasteiger charge is -2.06. The fourth-order valence-corrected chi connectivity index (χ4v) is 1.99. The normalized spacial score (nSPS) is 10.2. The second-order valence-electron chi connectivity index (χ2n) is 4.43. The van der Waals surface area contributed by atoms with Crippen LogP contribution in [0.3, 0.4) is 0 Å². The number of halogens is 2. The highest BCUT2D eigenvalue weighted by Gasteiger charge is 2.17. The Morgan fingerprint density at radius 1 is 1.22 bits per heavy atom. The summed E-state index contributed by atoms with van der Waals surface area (Å²) in [6.45, 7) is -0.602. The molecule has 2 aromatic rings. The number of hydrogen-bond donors (Lipinski definition) is 0. The molecule has 0 saturated carbocycles. The Hall–Kier alpha value is -2.80. The number of nitrogens with zero attached hydrogens (tertiary/aromatic N) is 1. The number of hydrogen-bond acceptors (Lipinski definition) is 5. The summed E-state index contributed by atoms with van der Waals surface area (Å²) in [6, 6.07) is 8.18. The Kier molecular flexibility index (Phi) is 5.02. The van der Waals surface area contributed by atoms with Gasteiger partial charge < -0.3 is 4.74 Å². The number of non-ortho nitro benzene ring substituents is 1. The molecule has 0 amide bonds. The molecule has 0 atom stereocenters. The van der Waals surface area contributed by atoms with Crippen molar-refractivity contribution in [3.05, 3.63) is 74.5 Å². The van der Waals surface area contributed by atoms with Gasteiger partial charge >= 0.3 is 5.97 Å². The van der Waals surface area contributed by atoms with Crippen LogP contribution in [0.1, 0.15) is 20.7 Å². The van der Waals surface area contributed by atoms with Crippen LogP contribution in [-0.4, -0.2) is 23.3 Å². The molecule has 0 aromatic heterocycles. The van der Waals surface area contributed by atoms with Crippen LogP contribution in [-0.2, 0) is 4.74 Å². The molecule has 0 N–H and O–H groups in total. The summed E-state index contributed by atoms with van der Waals surface area (Å²) in [5, 5.41) is 10.4. The summed E-state index contributed by atoms with van der Waals surface area (Å²) in [4.78, 5) is 33.6. The van der Waals surface area contributed by atoms with E-state index in [2.05, 4.69) is 0 Å². The number of carbonyl (C=O) groups excluding carboxylic acids is 2. The van der Waals surface area contributed by atoms with Crippen molar-refractivity contribution >= 4 is 29.0 Å². The van der Waals surface area contributed by atoms with Gasteiger partial charge in [-0.1, -0.05) is 23.7 Å². The first-order chi connectivity index (χ1) is 10.9. The third-order valence-corrected chi connectivity index (χ3v) is 3.18. The second-order valence-corrected chi connectivity index (χ2v) is 4.84. The van der Waals surface area contributed by atoms with E-state index in [9.17, 15) is 24.1 Å². The van der Waals surface area contributed by atoms with Gasteiger partial charge in [-0.2, -0.15) is 0 Å². The summed E-state index contributed by atoms with van der Waals surface area (Å²) >= 11 is 5.78. The molecular formula is C15H9ClFNO5. The molecule has 8 heteroatoms. The Bertz CT molecular complexity index is 793. The maximum atomic E-state index is 13.0. The van der Waals surface area contributed by atoms with E-state index < -0.39 is 29.1 Å². The van der Waals surface area contributed by atoms with E-state index in [4.69, 9.17) is 16.3 Å². The van der Waals surface area contributed by atoms with Crippen molar-refractivity contribution in [2.24, 2.45) is 0 Å². The number of ketones is 1.